The molecule has 0 spiro atoms. The van der Waals surface area contributed by atoms with Crippen molar-refractivity contribution in [3.63, 3.8) is 0 Å². The summed E-state index contributed by atoms with van der Waals surface area (Å²) < 4.78 is 20.6. The lowest BCUT2D eigenvalue weighted by Crippen LogP contribution is -2.30. The maximum absolute atomic E-state index is 14.8. The quantitative estimate of drug-likeness (QED) is 0.452. The molecule has 4 aromatic rings. The Kier molecular flexibility index (Phi) is 4.00. The molecule has 0 aliphatic carbocycles. The summed E-state index contributed by atoms with van der Waals surface area (Å²) in [5.41, 5.74) is 0.729. The Morgan fingerprint density at radius 3 is 2.41 bits per heavy atom. The SMILES string of the molecule is O=C1c2oc3ccc(Cl)cc3c(=O)c2C(c2ccccc2F)N1c1ccccc1. The van der Waals surface area contributed by atoms with E-state index < -0.39 is 23.2 Å². The van der Waals surface area contributed by atoms with Crippen LogP contribution in [0.15, 0.2) is 82.0 Å². The lowest BCUT2D eigenvalue weighted by molar-refractivity contribution is 0.0971. The number of para-hydroxylation sites is 1. The van der Waals surface area contributed by atoms with Gasteiger partial charge in [-0.15, -0.1) is 0 Å². The van der Waals surface area contributed by atoms with E-state index in [1.54, 1.807) is 54.6 Å². The highest BCUT2D eigenvalue weighted by Gasteiger charge is 2.44. The van der Waals surface area contributed by atoms with Crippen LogP contribution in [-0.4, -0.2) is 5.91 Å². The Balaban J connectivity index is 1.86. The molecule has 0 radical (unpaired) electrons. The van der Waals surface area contributed by atoms with Crippen molar-refractivity contribution >= 4 is 34.2 Å². The highest BCUT2D eigenvalue weighted by molar-refractivity contribution is 6.31. The van der Waals surface area contributed by atoms with Crippen LogP contribution in [0, 0.1) is 5.82 Å². The second-order valence-corrected chi connectivity index (χ2v) is 7.19. The molecule has 1 aliphatic rings. The van der Waals surface area contributed by atoms with Gasteiger partial charge in [-0.05, 0) is 36.4 Å². The standard InChI is InChI=1S/C23H13ClFNO3/c24-13-10-11-18-16(12-13)21(27)19-20(15-8-4-5-9-17(15)25)26(23(28)22(19)29-18)14-6-2-1-3-7-14/h1-12,20H. The van der Waals surface area contributed by atoms with Crippen LogP contribution in [0.2, 0.25) is 5.02 Å². The van der Waals surface area contributed by atoms with E-state index in [0.29, 0.717) is 10.7 Å². The highest BCUT2D eigenvalue weighted by Crippen LogP contribution is 2.41. The first-order chi connectivity index (χ1) is 14.1. The maximum atomic E-state index is 14.8. The van der Waals surface area contributed by atoms with E-state index in [9.17, 15) is 14.0 Å². The van der Waals surface area contributed by atoms with Crippen LogP contribution in [0.5, 0.6) is 0 Å². The summed E-state index contributed by atoms with van der Waals surface area (Å²) in [7, 11) is 0. The van der Waals surface area contributed by atoms with Gasteiger partial charge in [0.1, 0.15) is 11.4 Å². The molecule has 6 heteroatoms. The van der Waals surface area contributed by atoms with Gasteiger partial charge in [-0.25, -0.2) is 4.39 Å². The van der Waals surface area contributed by atoms with Crippen molar-refractivity contribution in [1.82, 2.24) is 0 Å². The smallest absolute Gasteiger partial charge is 0.295 e. The van der Waals surface area contributed by atoms with Crippen molar-refractivity contribution in [3.8, 4) is 0 Å². The molecule has 0 saturated heterocycles. The third kappa shape index (κ3) is 2.66. The number of nitrogens with zero attached hydrogens (tertiary/aromatic N) is 1. The van der Waals surface area contributed by atoms with Crippen LogP contribution in [-0.2, 0) is 0 Å². The Bertz CT molecular complexity index is 1330. The molecule has 0 bridgehead atoms. The molecule has 1 amide bonds. The average Bonchev–Trinajstić information content (AvgIpc) is 3.02. The van der Waals surface area contributed by atoms with Gasteiger partial charge in [0.15, 0.2) is 5.43 Å². The topological polar surface area (TPSA) is 50.5 Å². The van der Waals surface area contributed by atoms with Gasteiger partial charge in [-0.3, -0.25) is 14.5 Å². The number of rotatable bonds is 2. The predicted molar refractivity (Wildman–Crippen MR) is 109 cm³/mol. The monoisotopic (exact) mass is 405 g/mol. The number of amides is 1. The van der Waals surface area contributed by atoms with E-state index in [1.807, 2.05) is 6.07 Å². The molecule has 4 nitrogen and oxygen atoms in total. The second kappa shape index (κ2) is 6.57. The number of carbonyl (C=O) groups is 1. The van der Waals surface area contributed by atoms with Crippen molar-refractivity contribution in [2.45, 2.75) is 6.04 Å². The van der Waals surface area contributed by atoms with Gasteiger partial charge in [0, 0.05) is 16.3 Å². The molecule has 3 aromatic carbocycles. The Morgan fingerprint density at radius 1 is 0.931 bits per heavy atom. The Morgan fingerprint density at radius 2 is 1.66 bits per heavy atom. The summed E-state index contributed by atoms with van der Waals surface area (Å²) >= 11 is 6.06. The lowest BCUT2D eigenvalue weighted by Gasteiger charge is -2.25. The molecule has 0 saturated carbocycles. The van der Waals surface area contributed by atoms with Gasteiger partial charge in [-0.2, -0.15) is 0 Å². The first-order valence-corrected chi connectivity index (χ1v) is 9.33. The third-order valence-electron chi connectivity index (χ3n) is 5.07. The van der Waals surface area contributed by atoms with E-state index in [-0.39, 0.29) is 27.9 Å². The van der Waals surface area contributed by atoms with E-state index >= 15 is 0 Å². The molecule has 1 aliphatic heterocycles. The van der Waals surface area contributed by atoms with Crippen molar-refractivity contribution in [2.24, 2.45) is 0 Å². The second-order valence-electron chi connectivity index (χ2n) is 6.75. The van der Waals surface area contributed by atoms with E-state index in [2.05, 4.69) is 0 Å². The van der Waals surface area contributed by atoms with E-state index in [1.165, 1.54) is 17.0 Å². The molecule has 29 heavy (non-hydrogen) atoms. The Labute approximate surface area is 169 Å². The van der Waals surface area contributed by atoms with Crippen LogP contribution < -0.4 is 10.3 Å². The molecule has 1 aromatic heterocycles. The average molecular weight is 406 g/mol. The van der Waals surface area contributed by atoms with Crippen LogP contribution in [0.25, 0.3) is 11.0 Å². The summed E-state index contributed by atoms with van der Waals surface area (Å²) in [5, 5.41) is 0.622. The van der Waals surface area contributed by atoms with Crippen molar-refractivity contribution in [1.29, 1.82) is 0 Å². The normalized spacial score (nSPS) is 15.7. The zero-order chi connectivity index (χ0) is 20.1. The van der Waals surface area contributed by atoms with Crippen molar-refractivity contribution in [2.75, 3.05) is 4.90 Å². The fraction of sp³-hybridized carbons (Fsp3) is 0.0435. The van der Waals surface area contributed by atoms with Crippen LogP contribution in [0.3, 0.4) is 0 Å². The molecule has 5 rings (SSSR count). The molecule has 1 unspecified atom stereocenters. The van der Waals surface area contributed by atoms with Crippen LogP contribution >= 0.6 is 11.6 Å². The van der Waals surface area contributed by atoms with Gasteiger partial charge in [0.25, 0.3) is 5.91 Å². The summed E-state index contributed by atoms with van der Waals surface area (Å²) in [5.74, 6) is -1.08. The molecule has 2 heterocycles. The maximum Gasteiger partial charge on any atom is 0.295 e. The highest BCUT2D eigenvalue weighted by atomic mass is 35.5. The summed E-state index contributed by atoms with van der Waals surface area (Å²) in [6.45, 7) is 0. The molecule has 1 atom stereocenters. The molecule has 0 fully saturated rings. The van der Waals surface area contributed by atoms with Crippen molar-refractivity contribution < 1.29 is 13.6 Å². The largest absolute Gasteiger partial charge is 0.450 e. The van der Waals surface area contributed by atoms with Crippen molar-refractivity contribution in [3.05, 3.63) is 111 Å². The zero-order valence-electron chi connectivity index (χ0n) is 14.9. The predicted octanol–water partition coefficient (Wildman–Crippen LogP) is 5.34. The fourth-order valence-electron chi connectivity index (χ4n) is 3.79. The first kappa shape index (κ1) is 17.6. The molecular formula is C23H13ClFNO3. The molecule has 0 N–H and O–H groups in total. The van der Waals surface area contributed by atoms with Gasteiger partial charge in [0.05, 0.1) is 17.0 Å². The minimum absolute atomic E-state index is 0.0815. The van der Waals surface area contributed by atoms with E-state index in [0.717, 1.165) is 0 Å². The van der Waals surface area contributed by atoms with Gasteiger partial charge >= 0.3 is 0 Å². The fourth-order valence-corrected chi connectivity index (χ4v) is 3.96. The zero-order valence-corrected chi connectivity index (χ0v) is 15.7. The Hall–Kier alpha value is -3.44. The van der Waals surface area contributed by atoms with Crippen LogP contribution in [0.4, 0.5) is 10.1 Å². The first-order valence-electron chi connectivity index (χ1n) is 8.95. The number of anilines is 1. The van der Waals surface area contributed by atoms with Gasteiger partial charge in [0.2, 0.25) is 5.76 Å². The lowest BCUT2D eigenvalue weighted by atomic mass is 9.98. The number of halogens is 2. The van der Waals surface area contributed by atoms with Gasteiger partial charge in [-0.1, -0.05) is 48.0 Å². The number of benzene rings is 3. The van der Waals surface area contributed by atoms with E-state index in [4.69, 9.17) is 16.0 Å². The summed E-state index contributed by atoms with van der Waals surface area (Å²) in [6, 6.07) is 18.6. The number of hydrogen-bond donors (Lipinski definition) is 0. The number of hydrogen-bond acceptors (Lipinski definition) is 3. The minimum atomic E-state index is -0.944. The van der Waals surface area contributed by atoms with Crippen LogP contribution in [0.1, 0.15) is 27.7 Å². The third-order valence-corrected chi connectivity index (χ3v) is 5.30. The number of fused-ring (bicyclic) bond motifs is 2. The minimum Gasteiger partial charge on any atom is -0.450 e. The number of carbonyl (C=O) groups excluding carboxylic acids is 1. The summed E-state index contributed by atoms with van der Waals surface area (Å²) in [4.78, 5) is 28.1. The van der Waals surface area contributed by atoms with Gasteiger partial charge < -0.3 is 4.42 Å². The molecular weight excluding hydrogens is 393 g/mol. The molecule has 142 valence electrons. The summed E-state index contributed by atoms with van der Waals surface area (Å²) in [6.07, 6.45) is 0.